The van der Waals surface area contributed by atoms with Crippen LogP contribution in [0, 0.1) is 11.8 Å². The third-order valence-electron chi connectivity index (χ3n) is 4.02. The molecule has 0 aliphatic heterocycles. The largest absolute Gasteiger partial charge is 0.419 e. The SMILES string of the molecule is CC(C1CC1)C(O)c1ccc2c(c1)oc(=O)n2C. The van der Waals surface area contributed by atoms with Crippen LogP contribution in [0.2, 0.25) is 0 Å². The van der Waals surface area contributed by atoms with Gasteiger partial charge >= 0.3 is 5.76 Å². The molecule has 96 valence electrons. The van der Waals surface area contributed by atoms with E-state index in [1.54, 1.807) is 13.1 Å². The highest BCUT2D eigenvalue weighted by Crippen LogP contribution is 2.42. The minimum Gasteiger partial charge on any atom is -0.408 e. The highest BCUT2D eigenvalue weighted by Gasteiger charge is 2.33. The standard InChI is InChI=1S/C14H17NO3/c1-8(9-3-4-9)13(16)10-5-6-11-12(7-10)18-14(17)15(11)2/h5-9,13,16H,3-4H2,1-2H3. The van der Waals surface area contributed by atoms with Gasteiger partial charge in [0.05, 0.1) is 11.6 Å². The fraction of sp³-hybridized carbons (Fsp3) is 0.500. The molecule has 1 aromatic carbocycles. The predicted molar refractivity (Wildman–Crippen MR) is 68.3 cm³/mol. The number of oxazole rings is 1. The van der Waals surface area contributed by atoms with E-state index in [0.29, 0.717) is 11.5 Å². The van der Waals surface area contributed by atoms with E-state index in [0.717, 1.165) is 11.1 Å². The maximum absolute atomic E-state index is 11.4. The second kappa shape index (κ2) is 3.99. The van der Waals surface area contributed by atoms with E-state index in [9.17, 15) is 9.90 Å². The Kier molecular flexibility index (Phi) is 2.55. The molecule has 2 atom stereocenters. The zero-order valence-corrected chi connectivity index (χ0v) is 10.6. The molecule has 1 heterocycles. The van der Waals surface area contributed by atoms with Crippen LogP contribution in [0.3, 0.4) is 0 Å². The van der Waals surface area contributed by atoms with Crippen molar-refractivity contribution in [1.82, 2.24) is 4.57 Å². The summed E-state index contributed by atoms with van der Waals surface area (Å²) in [5, 5.41) is 10.3. The number of aliphatic hydroxyl groups is 1. The zero-order valence-electron chi connectivity index (χ0n) is 10.6. The fourth-order valence-electron chi connectivity index (χ4n) is 2.52. The maximum atomic E-state index is 11.4. The first kappa shape index (κ1) is 11.5. The Morgan fingerprint density at radius 1 is 1.44 bits per heavy atom. The van der Waals surface area contributed by atoms with Crippen molar-refractivity contribution < 1.29 is 9.52 Å². The number of aromatic nitrogens is 1. The molecule has 1 saturated carbocycles. The molecule has 1 aliphatic rings. The summed E-state index contributed by atoms with van der Waals surface area (Å²) in [6.45, 7) is 2.08. The quantitative estimate of drug-likeness (QED) is 0.904. The number of rotatable bonds is 3. The molecule has 0 saturated heterocycles. The molecule has 4 nitrogen and oxygen atoms in total. The Bertz CT molecular complexity index is 636. The first-order valence-corrected chi connectivity index (χ1v) is 6.35. The molecule has 0 radical (unpaired) electrons. The Labute approximate surface area is 105 Å². The van der Waals surface area contributed by atoms with Crippen molar-refractivity contribution in [3.05, 3.63) is 34.3 Å². The van der Waals surface area contributed by atoms with Gasteiger partial charge in [-0.2, -0.15) is 0 Å². The lowest BCUT2D eigenvalue weighted by molar-refractivity contribution is 0.106. The molecule has 1 aromatic heterocycles. The van der Waals surface area contributed by atoms with Gasteiger partial charge in [0.25, 0.3) is 0 Å². The second-order valence-electron chi connectivity index (χ2n) is 5.30. The van der Waals surface area contributed by atoms with Crippen molar-refractivity contribution in [3.8, 4) is 0 Å². The lowest BCUT2D eigenvalue weighted by Crippen LogP contribution is -2.11. The van der Waals surface area contributed by atoms with Gasteiger partial charge < -0.3 is 9.52 Å². The van der Waals surface area contributed by atoms with Crippen LogP contribution < -0.4 is 5.76 Å². The van der Waals surface area contributed by atoms with E-state index < -0.39 is 6.10 Å². The molecule has 1 fully saturated rings. The highest BCUT2D eigenvalue weighted by atomic mass is 16.4. The molecule has 4 heteroatoms. The van der Waals surface area contributed by atoms with Crippen molar-refractivity contribution in [2.75, 3.05) is 0 Å². The van der Waals surface area contributed by atoms with E-state index >= 15 is 0 Å². The van der Waals surface area contributed by atoms with Crippen LogP contribution in [-0.4, -0.2) is 9.67 Å². The van der Waals surface area contributed by atoms with Gasteiger partial charge in [0, 0.05) is 7.05 Å². The molecule has 1 N–H and O–H groups in total. The summed E-state index contributed by atoms with van der Waals surface area (Å²) >= 11 is 0. The molecular formula is C14H17NO3. The Balaban J connectivity index is 1.99. The normalized spacial score (nSPS) is 19.1. The Hall–Kier alpha value is -1.55. The third kappa shape index (κ3) is 1.77. The van der Waals surface area contributed by atoms with Gasteiger partial charge in [-0.3, -0.25) is 4.57 Å². The minimum atomic E-state index is -0.479. The summed E-state index contributed by atoms with van der Waals surface area (Å²) in [5.74, 6) is 0.531. The van der Waals surface area contributed by atoms with Gasteiger partial charge in [0.15, 0.2) is 5.58 Å². The Morgan fingerprint density at radius 2 is 2.17 bits per heavy atom. The van der Waals surface area contributed by atoms with Crippen LogP contribution in [0.1, 0.15) is 31.4 Å². The van der Waals surface area contributed by atoms with Crippen LogP contribution in [0.15, 0.2) is 27.4 Å². The summed E-state index contributed by atoms with van der Waals surface area (Å²) in [5.41, 5.74) is 2.13. The van der Waals surface area contributed by atoms with Crippen molar-refractivity contribution >= 4 is 11.1 Å². The van der Waals surface area contributed by atoms with Crippen molar-refractivity contribution in [3.63, 3.8) is 0 Å². The van der Waals surface area contributed by atoms with Gasteiger partial charge in [-0.15, -0.1) is 0 Å². The van der Waals surface area contributed by atoms with Gasteiger partial charge in [0.1, 0.15) is 0 Å². The summed E-state index contributed by atoms with van der Waals surface area (Å²) in [7, 11) is 1.68. The van der Waals surface area contributed by atoms with Gasteiger partial charge in [-0.05, 0) is 42.4 Å². The van der Waals surface area contributed by atoms with E-state index in [2.05, 4.69) is 6.92 Å². The molecule has 18 heavy (non-hydrogen) atoms. The van der Waals surface area contributed by atoms with Crippen molar-refractivity contribution in [2.45, 2.75) is 25.9 Å². The number of nitrogens with zero attached hydrogens (tertiary/aromatic N) is 1. The lowest BCUT2D eigenvalue weighted by atomic mass is 9.93. The second-order valence-corrected chi connectivity index (χ2v) is 5.30. The average Bonchev–Trinajstić information content (AvgIpc) is 3.16. The Morgan fingerprint density at radius 3 is 2.83 bits per heavy atom. The van der Waals surface area contributed by atoms with Crippen molar-refractivity contribution in [1.29, 1.82) is 0 Å². The summed E-state index contributed by atoms with van der Waals surface area (Å²) in [6.07, 6.45) is 1.94. The van der Waals surface area contributed by atoms with E-state index in [-0.39, 0.29) is 11.7 Å². The molecular weight excluding hydrogens is 230 g/mol. The molecule has 3 rings (SSSR count). The van der Waals surface area contributed by atoms with E-state index in [4.69, 9.17) is 4.42 Å². The topological polar surface area (TPSA) is 55.4 Å². The lowest BCUT2D eigenvalue weighted by Gasteiger charge is -2.18. The van der Waals surface area contributed by atoms with E-state index in [1.165, 1.54) is 17.4 Å². The predicted octanol–water partition coefficient (Wildman–Crippen LogP) is 2.21. The molecule has 0 amide bonds. The number of aliphatic hydroxyl groups excluding tert-OH is 1. The van der Waals surface area contributed by atoms with Crippen LogP contribution >= 0.6 is 0 Å². The smallest absolute Gasteiger partial charge is 0.408 e. The van der Waals surface area contributed by atoms with Crippen molar-refractivity contribution in [2.24, 2.45) is 18.9 Å². The average molecular weight is 247 g/mol. The first-order chi connectivity index (χ1) is 8.58. The zero-order chi connectivity index (χ0) is 12.9. The van der Waals surface area contributed by atoms with Crippen LogP contribution in [0.5, 0.6) is 0 Å². The minimum absolute atomic E-state index is 0.262. The third-order valence-corrected chi connectivity index (χ3v) is 4.02. The number of hydrogen-bond acceptors (Lipinski definition) is 3. The van der Waals surface area contributed by atoms with Gasteiger partial charge in [0.2, 0.25) is 0 Å². The first-order valence-electron chi connectivity index (χ1n) is 6.35. The number of benzene rings is 1. The molecule has 2 aromatic rings. The molecule has 0 spiro atoms. The summed E-state index contributed by atoms with van der Waals surface area (Å²) < 4.78 is 6.61. The number of fused-ring (bicyclic) bond motifs is 1. The van der Waals surface area contributed by atoms with Crippen LogP contribution in [0.25, 0.3) is 11.1 Å². The number of aryl methyl sites for hydroxylation is 1. The van der Waals surface area contributed by atoms with Gasteiger partial charge in [-0.25, -0.2) is 4.79 Å². The number of hydrogen-bond donors (Lipinski definition) is 1. The monoisotopic (exact) mass is 247 g/mol. The maximum Gasteiger partial charge on any atom is 0.419 e. The van der Waals surface area contributed by atoms with Crippen LogP contribution in [0.4, 0.5) is 0 Å². The summed E-state index contributed by atoms with van der Waals surface area (Å²) in [4.78, 5) is 11.4. The highest BCUT2D eigenvalue weighted by molar-refractivity contribution is 5.73. The fourth-order valence-corrected chi connectivity index (χ4v) is 2.52. The van der Waals surface area contributed by atoms with E-state index in [1.807, 2.05) is 12.1 Å². The summed E-state index contributed by atoms with van der Waals surface area (Å²) in [6, 6.07) is 5.49. The molecule has 0 bridgehead atoms. The van der Waals surface area contributed by atoms with Crippen LogP contribution in [-0.2, 0) is 7.05 Å². The molecule has 2 unspecified atom stereocenters. The molecule has 1 aliphatic carbocycles. The van der Waals surface area contributed by atoms with Gasteiger partial charge in [-0.1, -0.05) is 13.0 Å².